The van der Waals surface area contributed by atoms with Gasteiger partial charge in [-0.15, -0.1) is 0 Å². The lowest BCUT2D eigenvalue weighted by Crippen LogP contribution is -2.37. The second kappa shape index (κ2) is 10.9. The molecule has 2 heterocycles. The first-order chi connectivity index (χ1) is 18.8. The molecule has 1 aliphatic heterocycles. The van der Waals surface area contributed by atoms with Crippen molar-refractivity contribution in [1.29, 1.82) is 0 Å². The molecular weight excluding hydrogens is 537 g/mol. The summed E-state index contributed by atoms with van der Waals surface area (Å²) >= 11 is 12.1. The fraction of sp³-hybridized carbons (Fsp3) is 0.103. The SMILES string of the molecule is CCOC(=O)c1c(N)nc2ccccc2c1C1(O)C=C(Nc2ccc(Cl)cc2)NC(Nc2ccc(Cl)cc2)=C1. The van der Waals surface area contributed by atoms with Gasteiger partial charge in [-0.25, -0.2) is 9.78 Å². The van der Waals surface area contributed by atoms with Gasteiger partial charge in [-0.1, -0.05) is 41.4 Å². The van der Waals surface area contributed by atoms with E-state index in [-0.39, 0.29) is 23.6 Å². The molecule has 0 spiro atoms. The molecule has 10 heteroatoms. The van der Waals surface area contributed by atoms with Crippen molar-refractivity contribution in [3.05, 3.63) is 118 Å². The minimum Gasteiger partial charge on any atom is -0.462 e. The van der Waals surface area contributed by atoms with Crippen molar-refractivity contribution in [1.82, 2.24) is 10.3 Å². The Labute approximate surface area is 235 Å². The summed E-state index contributed by atoms with van der Waals surface area (Å²) in [4.78, 5) is 17.6. The van der Waals surface area contributed by atoms with Crippen molar-refractivity contribution in [3.8, 4) is 0 Å². The smallest absolute Gasteiger partial charge is 0.342 e. The molecule has 1 aliphatic rings. The number of aliphatic hydroxyl groups is 1. The number of benzene rings is 3. The molecule has 3 aromatic carbocycles. The predicted octanol–water partition coefficient (Wildman–Crippen LogP) is 6.00. The number of nitrogens with two attached hydrogens (primary N) is 1. The number of aromatic nitrogens is 1. The van der Waals surface area contributed by atoms with Crippen LogP contribution in [0, 0.1) is 0 Å². The van der Waals surface area contributed by atoms with E-state index >= 15 is 0 Å². The van der Waals surface area contributed by atoms with Crippen molar-refractivity contribution < 1.29 is 14.6 Å². The van der Waals surface area contributed by atoms with Gasteiger partial charge >= 0.3 is 5.97 Å². The minimum absolute atomic E-state index is 0.0101. The summed E-state index contributed by atoms with van der Waals surface area (Å²) in [6.07, 6.45) is 3.14. The maximum atomic E-state index is 13.2. The first-order valence-electron chi connectivity index (χ1n) is 12.1. The summed E-state index contributed by atoms with van der Waals surface area (Å²) in [7, 11) is 0. The van der Waals surface area contributed by atoms with Crippen LogP contribution in [-0.2, 0) is 10.3 Å². The number of nitrogens with one attached hydrogen (secondary N) is 3. The molecule has 5 rings (SSSR count). The molecule has 0 amide bonds. The van der Waals surface area contributed by atoms with E-state index in [1.807, 2.05) is 6.07 Å². The highest BCUT2D eigenvalue weighted by Gasteiger charge is 2.37. The topological polar surface area (TPSA) is 122 Å². The van der Waals surface area contributed by atoms with Crippen LogP contribution in [0.15, 0.2) is 96.6 Å². The lowest BCUT2D eigenvalue weighted by atomic mass is 9.85. The molecule has 8 nitrogen and oxygen atoms in total. The van der Waals surface area contributed by atoms with E-state index in [1.54, 1.807) is 85.8 Å². The number of ether oxygens (including phenoxy) is 1. The van der Waals surface area contributed by atoms with Crippen molar-refractivity contribution in [2.45, 2.75) is 12.5 Å². The second-order valence-electron chi connectivity index (χ2n) is 8.81. The lowest BCUT2D eigenvalue weighted by Gasteiger charge is -2.32. The summed E-state index contributed by atoms with van der Waals surface area (Å²) in [6, 6.07) is 21.4. The summed E-state index contributed by atoms with van der Waals surface area (Å²) in [5.41, 5.74) is 6.66. The van der Waals surface area contributed by atoms with Crippen molar-refractivity contribution in [2.75, 3.05) is 23.0 Å². The molecule has 6 N–H and O–H groups in total. The average Bonchev–Trinajstić information content (AvgIpc) is 2.90. The van der Waals surface area contributed by atoms with Gasteiger partial charge in [0.15, 0.2) is 0 Å². The molecule has 0 bridgehead atoms. The Morgan fingerprint density at radius 3 is 2.03 bits per heavy atom. The van der Waals surface area contributed by atoms with Crippen LogP contribution < -0.4 is 21.7 Å². The second-order valence-corrected chi connectivity index (χ2v) is 9.69. The summed E-state index contributed by atoms with van der Waals surface area (Å²) < 4.78 is 5.32. The number of rotatable bonds is 7. The Balaban J connectivity index is 1.70. The Kier molecular flexibility index (Phi) is 7.34. The van der Waals surface area contributed by atoms with Crippen LogP contribution in [0.5, 0.6) is 0 Å². The predicted molar refractivity (Wildman–Crippen MR) is 155 cm³/mol. The van der Waals surface area contributed by atoms with Crippen LogP contribution in [0.25, 0.3) is 10.9 Å². The van der Waals surface area contributed by atoms with E-state index in [0.717, 1.165) is 11.4 Å². The van der Waals surface area contributed by atoms with E-state index in [4.69, 9.17) is 33.7 Å². The number of esters is 1. The van der Waals surface area contributed by atoms with Crippen LogP contribution in [0.2, 0.25) is 10.0 Å². The number of anilines is 3. The maximum Gasteiger partial charge on any atom is 0.342 e. The molecule has 0 fully saturated rings. The molecule has 0 atom stereocenters. The van der Waals surface area contributed by atoms with Gasteiger partial charge in [-0.2, -0.15) is 0 Å². The van der Waals surface area contributed by atoms with Gasteiger partial charge < -0.3 is 31.5 Å². The Morgan fingerprint density at radius 1 is 0.949 bits per heavy atom. The van der Waals surface area contributed by atoms with Crippen molar-refractivity contribution in [2.24, 2.45) is 0 Å². The largest absolute Gasteiger partial charge is 0.462 e. The van der Waals surface area contributed by atoms with Gasteiger partial charge in [-0.05, 0) is 73.7 Å². The Bertz CT molecular complexity index is 1540. The number of halogens is 2. The molecule has 1 aromatic heterocycles. The lowest BCUT2D eigenvalue weighted by molar-refractivity contribution is 0.0516. The Morgan fingerprint density at radius 2 is 1.49 bits per heavy atom. The molecule has 4 aromatic rings. The monoisotopic (exact) mass is 561 g/mol. The number of pyridine rings is 1. The van der Waals surface area contributed by atoms with Gasteiger partial charge in [0.2, 0.25) is 0 Å². The standard InChI is InChI=1S/C29H25Cl2N5O3/c1-2-39-28(37)25-26(21-5-3-4-6-22(21)35-27(25)32)29(38)15-23(33-19-11-7-17(30)8-12-19)36-24(16-29)34-20-13-9-18(31)10-14-20/h3-16,33-34,36,38H,2H2,1H3,(H2,32,35). The van der Waals surface area contributed by atoms with Gasteiger partial charge in [0.1, 0.15) is 28.6 Å². The highest BCUT2D eigenvalue weighted by atomic mass is 35.5. The molecular formula is C29H25Cl2N5O3. The average molecular weight is 562 g/mol. The van der Waals surface area contributed by atoms with E-state index in [1.165, 1.54) is 0 Å². The fourth-order valence-corrected chi connectivity index (χ4v) is 4.66. The number of carbonyl (C=O) groups is 1. The number of dihydropyridines is 1. The normalized spacial score (nSPS) is 14.2. The van der Waals surface area contributed by atoms with Crippen molar-refractivity contribution in [3.63, 3.8) is 0 Å². The zero-order valence-electron chi connectivity index (χ0n) is 20.8. The van der Waals surface area contributed by atoms with E-state index in [0.29, 0.717) is 32.6 Å². The highest BCUT2D eigenvalue weighted by molar-refractivity contribution is 6.30. The maximum absolute atomic E-state index is 13.2. The number of hydrogen-bond acceptors (Lipinski definition) is 8. The van der Waals surface area contributed by atoms with Crippen LogP contribution >= 0.6 is 23.2 Å². The summed E-state index contributed by atoms with van der Waals surface area (Å²) in [6.45, 7) is 1.83. The fourth-order valence-electron chi connectivity index (χ4n) is 4.41. The molecule has 0 saturated heterocycles. The zero-order valence-corrected chi connectivity index (χ0v) is 22.3. The molecule has 0 aliphatic carbocycles. The zero-order chi connectivity index (χ0) is 27.6. The first-order valence-corrected chi connectivity index (χ1v) is 12.9. The molecule has 0 saturated carbocycles. The number of hydrogen-bond donors (Lipinski definition) is 5. The van der Waals surface area contributed by atoms with Crippen LogP contribution in [0.1, 0.15) is 22.8 Å². The number of fused-ring (bicyclic) bond motifs is 1. The summed E-state index contributed by atoms with van der Waals surface area (Å²) in [5, 5.41) is 23.8. The highest BCUT2D eigenvalue weighted by Crippen LogP contribution is 2.39. The van der Waals surface area contributed by atoms with Gasteiger partial charge in [-0.3, -0.25) is 0 Å². The van der Waals surface area contributed by atoms with E-state index in [2.05, 4.69) is 20.9 Å². The first kappa shape index (κ1) is 26.4. The molecule has 0 unspecified atom stereocenters. The Hall–Kier alpha value is -4.24. The molecule has 39 heavy (non-hydrogen) atoms. The van der Waals surface area contributed by atoms with Gasteiger partial charge in [0, 0.05) is 32.4 Å². The van der Waals surface area contributed by atoms with Crippen LogP contribution in [0.3, 0.4) is 0 Å². The number of nitrogen functional groups attached to an aromatic ring is 1. The van der Waals surface area contributed by atoms with Gasteiger partial charge in [0.25, 0.3) is 0 Å². The molecule has 0 radical (unpaired) electrons. The van der Waals surface area contributed by atoms with Crippen LogP contribution in [-0.4, -0.2) is 22.7 Å². The van der Waals surface area contributed by atoms with Crippen LogP contribution in [0.4, 0.5) is 17.2 Å². The number of carbonyl (C=O) groups excluding carboxylic acids is 1. The third kappa shape index (κ3) is 5.63. The number of para-hydroxylation sites is 1. The van der Waals surface area contributed by atoms with E-state index < -0.39 is 11.6 Å². The number of nitrogens with zero attached hydrogens (tertiary/aromatic N) is 1. The minimum atomic E-state index is -1.83. The third-order valence-corrected chi connectivity index (χ3v) is 6.55. The third-order valence-electron chi connectivity index (χ3n) is 6.05. The summed E-state index contributed by atoms with van der Waals surface area (Å²) in [5.74, 6) is 0.146. The quantitative estimate of drug-likeness (QED) is 0.174. The van der Waals surface area contributed by atoms with E-state index in [9.17, 15) is 9.90 Å². The molecule has 198 valence electrons. The van der Waals surface area contributed by atoms with Gasteiger partial charge in [0.05, 0.1) is 12.1 Å². The van der Waals surface area contributed by atoms with Crippen molar-refractivity contribution >= 4 is 57.3 Å².